The van der Waals surface area contributed by atoms with Gasteiger partial charge in [-0.25, -0.2) is 0 Å². The number of hydrogen-bond acceptors (Lipinski definition) is 3. The summed E-state index contributed by atoms with van der Waals surface area (Å²) in [4.78, 5) is 23.7. The Morgan fingerprint density at radius 1 is 1.27 bits per heavy atom. The van der Waals surface area contributed by atoms with Crippen LogP contribution in [0.1, 0.15) is 31.2 Å². The first-order valence-electron chi connectivity index (χ1n) is 7.51. The van der Waals surface area contributed by atoms with Crippen LogP contribution < -0.4 is 10.6 Å². The fourth-order valence-corrected chi connectivity index (χ4v) is 2.90. The number of halogens is 1. The maximum Gasteiger partial charge on any atom is 0.313 e. The number of aliphatic hydroxyl groups is 1. The Hall–Kier alpha value is -1.59. The number of amides is 2. The standard InChI is InChI=1S/C16H21ClN2O3/c1-10-8-12(17)6-7-13(10)19-16(22)15(21)18-9-11-4-2-3-5-14(11)20/h6-8,11,14,20H,2-5,9H2,1H3,(H,18,21)(H,19,22)/t11-,14-/m0/s1. The molecule has 0 heterocycles. The van der Waals surface area contributed by atoms with Crippen LogP contribution in [-0.2, 0) is 9.59 Å². The van der Waals surface area contributed by atoms with Gasteiger partial charge in [0.25, 0.3) is 0 Å². The van der Waals surface area contributed by atoms with Gasteiger partial charge in [-0.05, 0) is 43.5 Å². The van der Waals surface area contributed by atoms with Crippen LogP contribution in [0.25, 0.3) is 0 Å². The van der Waals surface area contributed by atoms with Crippen LogP contribution in [0.4, 0.5) is 5.69 Å². The molecule has 1 aliphatic carbocycles. The van der Waals surface area contributed by atoms with E-state index in [1.165, 1.54) is 0 Å². The van der Waals surface area contributed by atoms with Crippen LogP contribution in [0.5, 0.6) is 0 Å². The molecule has 120 valence electrons. The van der Waals surface area contributed by atoms with Crippen molar-refractivity contribution in [1.29, 1.82) is 0 Å². The first-order valence-corrected chi connectivity index (χ1v) is 7.88. The third-order valence-corrected chi connectivity index (χ3v) is 4.27. The zero-order chi connectivity index (χ0) is 16.1. The van der Waals surface area contributed by atoms with Crippen LogP contribution in [-0.4, -0.2) is 29.6 Å². The number of hydrogen-bond donors (Lipinski definition) is 3. The lowest BCUT2D eigenvalue weighted by atomic mass is 9.86. The molecule has 1 aliphatic rings. The molecule has 1 aromatic carbocycles. The smallest absolute Gasteiger partial charge is 0.313 e. The monoisotopic (exact) mass is 324 g/mol. The zero-order valence-electron chi connectivity index (χ0n) is 12.6. The van der Waals surface area contributed by atoms with Crippen LogP contribution in [0.2, 0.25) is 5.02 Å². The third-order valence-electron chi connectivity index (χ3n) is 4.04. The molecule has 0 bridgehead atoms. The molecule has 0 aliphatic heterocycles. The molecule has 1 fully saturated rings. The molecule has 5 nitrogen and oxygen atoms in total. The fraction of sp³-hybridized carbons (Fsp3) is 0.500. The molecule has 0 aromatic heterocycles. The fourth-order valence-electron chi connectivity index (χ4n) is 2.68. The summed E-state index contributed by atoms with van der Waals surface area (Å²) in [7, 11) is 0. The zero-order valence-corrected chi connectivity index (χ0v) is 13.3. The van der Waals surface area contributed by atoms with Gasteiger partial charge in [-0.2, -0.15) is 0 Å². The maximum atomic E-state index is 11.9. The van der Waals surface area contributed by atoms with Crippen LogP contribution in [0.15, 0.2) is 18.2 Å². The van der Waals surface area contributed by atoms with Gasteiger partial charge in [0, 0.05) is 23.2 Å². The van der Waals surface area contributed by atoms with Gasteiger partial charge in [-0.3, -0.25) is 9.59 Å². The Labute approximate surface area is 135 Å². The highest BCUT2D eigenvalue weighted by Crippen LogP contribution is 2.23. The van der Waals surface area contributed by atoms with Crippen molar-refractivity contribution >= 4 is 29.1 Å². The van der Waals surface area contributed by atoms with Gasteiger partial charge in [-0.1, -0.05) is 24.4 Å². The van der Waals surface area contributed by atoms with Gasteiger partial charge in [0.05, 0.1) is 6.10 Å². The van der Waals surface area contributed by atoms with Crippen LogP contribution in [0.3, 0.4) is 0 Å². The lowest BCUT2D eigenvalue weighted by Gasteiger charge is -2.27. The summed E-state index contributed by atoms with van der Waals surface area (Å²) in [6, 6.07) is 5.03. The topological polar surface area (TPSA) is 78.4 Å². The van der Waals surface area contributed by atoms with Gasteiger partial charge in [0.2, 0.25) is 0 Å². The highest BCUT2D eigenvalue weighted by molar-refractivity contribution is 6.39. The molecule has 2 atom stereocenters. The molecule has 3 N–H and O–H groups in total. The van der Waals surface area contributed by atoms with E-state index < -0.39 is 17.9 Å². The van der Waals surface area contributed by atoms with E-state index in [-0.39, 0.29) is 5.92 Å². The van der Waals surface area contributed by atoms with Gasteiger partial charge in [0.15, 0.2) is 0 Å². The Morgan fingerprint density at radius 2 is 2.00 bits per heavy atom. The van der Waals surface area contributed by atoms with E-state index >= 15 is 0 Å². The summed E-state index contributed by atoms with van der Waals surface area (Å²) in [5.74, 6) is -1.37. The molecule has 0 spiro atoms. The molecular weight excluding hydrogens is 304 g/mol. The molecule has 1 aromatic rings. The van der Waals surface area contributed by atoms with Gasteiger partial charge in [-0.15, -0.1) is 0 Å². The minimum atomic E-state index is -0.712. The largest absolute Gasteiger partial charge is 0.393 e. The number of rotatable bonds is 3. The van der Waals surface area contributed by atoms with Gasteiger partial charge < -0.3 is 15.7 Å². The first kappa shape index (κ1) is 16.8. The summed E-state index contributed by atoms with van der Waals surface area (Å²) < 4.78 is 0. The van der Waals surface area contributed by atoms with Crippen molar-refractivity contribution in [3.8, 4) is 0 Å². The average Bonchev–Trinajstić information content (AvgIpc) is 2.49. The number of nitrogens with one attached hydrogen (secondary N) is 2. The number of carbonyl (C=O) groups is 2. The van der Waals surface area contributed by atoms with Crippen LogP contribution >= 0.6 is 11.6 Å². The minimum absolute atomic E-state index is 0.0303. The summed E-state index contributed by atoms with van der Waals surface area (Å²) in [6.45, 7) is 2.13. The lowest BCUT2D eigenvalue weighted by molar-refractivity contribution is -0.136. The quantitative estimate of drug-likeness (QED) is 0.746. The Morgan fingerprint density at radius 3 is 2.68 bits per heavy atom. The van der Waals surface area contributed by atoms with Crippen molar-refractivity contribution in [1.82, 2.24) is 5.32 Å². The van der Waals surface area contributed by atoms with E-state index in [1.807, 2.05) is 0 Å². The van der Waals surface area contributed by atoms with E-state index in [4.69, 9.17) is 11.6 Å². The van der Waals surface area contributed by atoms with Crippen molar-refractivity contribution in [3.63, 3.8) is 0 Å². The lowest BCUT2D eigenvalue weighted by Crippen LogP contribution is -2.41. The number of anilines is 1. The highest BCUT2D eigenvalue weighted by Gasteiger charge is 2.24. The molecule has 0 unspecified atom stereocenters. The second kappa shape index (κ2) is 7.61. The van der Waals surface area contributed by atoms with Crippen molar-refractivity contribution in [2.24, 2.45) is 5.92 Å². The Kier molecular flexibility index (Phi) is 5.80. The number of aryl methyl sites for hydroxylation is 1. The molecular formula is C16H21ClN2O3. The van der Waals surface area contributed by atoms with Crippen molar-refractivity contribution in [2.75, 3.05) is 11.9 Å². The summed E-state index contributed by atoms with van der Waals surface area (Å²) in [6.07, 6.45) is 3.31. The highest BCUT2D eigenvalue weighted by atomic mass is 35.5. The second-order valence-electron chi connectivity index (χ2n) is 5.74. The van der Waals surface area contributed by atoms with E-state index in [0.717, 1.165) is 31.2 Å². The predicted octanol–water partition coefficient (Wildman–Crippen LogP) is 2.25. The molecule has 2 rings (SSSR count). The SMILES string of the molecule is Cc1cc(Cl)ccc1NC(=O)C(=O)NC[C@@H]1CCCC[C@@H]1O. The van der Waals surface area contributed by atoms with Gasteiger partial charge in [0.1, 0.15) is 0 Å². The molecule has 0 radical (unpaired) electrons. The van der Waals surface area contributed by atoms with Crippen molar-refractivity contribution in [2.45, 2.75) is 38.7 Å². The molecule has 0 saturated heterocycles. The number of carbonyl (C=O) groups excluding carboxylic acids is 2. The molecule has 2 amide bonds. The predicted molar refractivity (Wildman–Crippen MR) is 85.8 cm³/mol. The van der Waals surface area contributed by atoms with E-state index in [9.17, 15) is 14.7 Å². The third kappa shape index (κ3) is 4.45. The van der Waals surface area contributed by atoms with Crippen molar-refractivity contribution in [3.05, 3.63) is 28.8 Å². The maximum absolute atomic E-state index is 11.9. The minimum Gasteiger partial charge on any atom is -0.393 e. The van der Waals surface area contributed by atoms with Gasteiger partial charge >= 0.3 is 11.8 Å². The van der Waals surface area contributed by atoms with E-state index in [0.29, 0.717) is 17.3 Å². The second-order valence-corrected chi connectivity index (χ2v) is 6.17. The average molecular weight is 325 g/mol. The summed E-state index contributed by atoms with van der Waals surface area (Å²) in [5, 5.41) is 15.6. The molecule has 22 heavy (non-hydrogen) atoms. The van der Waals surface area contributed by atoms with Crippen molar-refractivity contribution < 1.29 is 14.7 Å². The van der Waals surface area contributed by atoms with Crippen LogP contribution in [0, 0.1) is 12.8 Å². The first-order chi connectivity index (χ1) is 10.5. The summed E-state index contributed by atoms with van der Waals surface area (Å²) in [5.41, 5.74) is 1.35. The summed E-state index contributed by atoms with van der Waals surface area (Å²) >= 11 is 5.85. The Bertz CT molecular complexity index is 562. The molecule has 6 heteroatoms. The number of benzene rings is 1. The normalized spacial score (nSPS) is 21.2. The molecule has 1 saturated carbocycles. The van der Waals surface area contributed by atoms with E-state index in [1.54, 1.807) is 25.1 Å². The van der Waals surface area contributed by atoms with E-state index in [2.05, 4.69) is 10.6 Å². The number of aliphatic hydroxyl groups excluding tert-OH is 1. The Balaban J connectivity index is 1.85.